The van der Waals surface area contributed by atoms with Gasteiger partial charge in [-0.05, 0) is 44.9 Å². The molecule has 1 aromatic carbocycles. The van der Waals surface area contributed by atoms with Gasteiger partial charge in [0.1, 0.15) is 5.60 Å². The van der Waals surface area contributed by atoms with Gasteiger partial charge in [0.15, 0.2) is 0 Å². The summed E-state index contributed by atoms with van der Waals surface area (Å²) >= 11 is 12.0. The van der Waals surface area contributed by atoms with Crippen LogP contribution in [0.5, 0.6) is 0 Å². The first-order valence-corrected chi connectivity index (χ1v) is 8.84. The lowest BCUT2D eigenvalue weighted by atomic mass is 9.98. The van der Waals surface area contributed by atoms with Crippen molar-refractivity contribution in [3.05, 3.63) is 33.8 Å². The van der Waals surface area contributed by atoms with Gasteiger partial charge >= 0.3 is 12.1 Å². The zero-order chi connectivity index (χ0) is 20.1. The molecule has 0 spiro atoms. The van der Waals surface area contributed by atoms with Crippen molar-refractivity contribution in [2.24, 2.45) is 0 Å². The summed E-state index contributed by atoms with van der Waals surface area (Å²) in [6.07, 6.45) is -1.75. The van der Waals surface area contributed by atoms with Crippen molar-refractivity contribution in [3.63, 3.8) is 0 Å². The van der Waals surface area contributed by atoms with E-state index in [1.54, 1.807) is 39.0 Å². The van der Waals surface area contributed by atoms with E-state index in [-0.39, 0.29) is 12.8 Å². The van der Waals surface area contributed by atoms with Crippen LogP contribution in [0, 0.1) is 0 Å². The highest BCUT2D eigenvalue weighted by Crippen LogP contribution is 2.25. The monoisotopic (exact) mass is 405 g/mol. The number of carbonyl (C=O) groups is 2. The minimum atomic E-state index is -1.14. The molecule has 0 heterocycles. The molecule has 8 heteroatoms. The Morgan fingerprint density at radius 1 is 1.23 bits per heavy atom. The van der Waals surface area contributed by atoms with Gasteiger partial charge in [0, 0.05) is 7.05 Å². The van der Waals surface area contributed by atoms with Crippen LogP contribution in [0.25, 0.3) is 0 Å². The van der Waals surface area contributed by atoms with Crippen LogP contribution in [0.3, 0.4) is 0 Å². The van der Waals surface area contributed by atoms with Crippen LogP contribution in [0.4, 0.5) is 4.79 Å². The van der Waals surface area contributed by atoms with Crippen LogP contribution in [0.2, 0.25) is 10.0 Å². The Bertz CT molecular complexity index is 645. The van der Waals surface area contributed by atoms with Gasteiger partial charge in [-0.25, -0.2) is 4.79 Å². The zero-order valence-electron chi connectivity index (χ0n) is 15.6. The Morgan fingerprint density at radius 3 is 2.35 bits per heavy atom. The number of methoxy groups -OCH3 is 1. The lowest BCUT2D eigenvalue weighted by Crippen LogP contribution is -2.48. The van der Waals surface area contributed by atoms with Crippen LogP contribution in [-0.2, 0) is 20.7 Å². The maximum atomic E-state index is 12.4. The highest BCUT2D eigenvalue weighted by Gasteiger charge is 2.32. The van der Waals surface area contributed by atoms with Crippen molar-refractivity contribution >= 4 is 35.3 Å². The van der Waals surface area contributed by atoms with Gasteiger partial charge in [-0.3, -0.25) is 4.79 Å². The Labute approximate surface area is 164 Å². The van der Waals surface area contributed by atoms with Crippen molar-refractivity contribution in [1.82, 2.24) is 4.90 Å². The fourth-order valence-corrected chi connectivity index (χ4v) is 2.62. The molecular weight excluding hydrogens is 381 g/mol. The third kappa shape index (κ3) is 7.02. The van der Waals surface area contributed by atoms with E-state index in [0.717, 1.165) is 5.56 Å². The zero-order valence-corrected chi connectivity index (χ0v) is 17.1. The Morgan fingerprint density at radius 2 is 1.85 bits per heavy atom. The highest BCUT2D eigenvalue weighted by atomic mass is 35.5. The largest absolute Gasteiger partial charge is 0.469 e. The molecule has 6 nitrogen and oxygen atoms in total. The molecule has 0 fully saturated rings. The van der Waals surface area contributed by atoms with Gasteiger partial charge in [0.05, 0.1) is 35.7 Å². The lowest BCUT2D eigenvalue weighted by molar-refractivity contribution is -0.143. The highest BCUT2D eigenvalue weighted by molar-refractivity contribution is 6.42. The number of hydrogen-bond acceptors (Lipinski definition) is 5. The number of rotatable bonds is 6. The number of aliphatic hydroxyl groups excluding tert-OH is 1. The molecule has 1 N–H and O–H groups in total. The van der Waals surface area contributed by atoms with Crippen molar-refractivity contribution in [3.8, 4) is 0 Å². The summed E-state index contributed by atoms with van der Waals surface area (Å²) in [7, 11) is 2.75. The second-order valence-electron chi connectivity index (χ2n) is 6.96. The van der Waals surface area contributed by atoms with Gasteiger partial charge in [-0.2, -0.15) is 0 Å². The topological polar surface area (TPSA) is 76.1 Å². The number of likely N-dealkylation sites (N-methyl/N-ethyl adjacent to an activating group) is 1. The van der Waals surface area contributed by atoms with Gasteiger partial charge < -0.3 is 19.5 Å². The molecule has 0 aliphatic heterocycles. The summed E-state index contributed by atoms with van der Waals surface area (Å²) in [5.41, 5.74) is 0.0657. The maximum Gasteiger partial charge on any atom is 0.410 e. The number of amides is 1. The second-order valence-corrected chi connectivity index (χ2v) is 7.77. The molecule has 1 amide bonds. The molecule has 26 heavy (non-hydrogen) atoms. The average molecular weight is 406 g/mol. The van der Waals surface area contributed by atoms with E-state index >= 15 is 0 Å². The molecule has 0 aliphatic rings. The summed E-state index contributed by atoms with van der Waals surface area (Å²) in [5.74, 6) is -0.575. The van der Waals surface area contributed by atoms with Crippen LogP contribution in [-0.4, -0.2) is 54.0 Å². The van der Waals surface area contributed by atoms with Crippen LogP contribution < -0.4 is 0 Å². The van der Waals surface area contributed by atoms with E-state index in [9.17, 15) is 14.7 Å². The summed E-state index contributed by atoms with van der Waals surface area (Å²) in [4.78, 5) is 25.2. The van der Waals surface area contributed by atoms with E-state index in [4.69, 9.17) is 27.9 Å². The smallest absolute Gasteiger partial charge is 0.410 e. The van der Waals surface area contributed by atoms with E-state index in [1.807, 2.05) is 0 Å². The standard InChI is InChI=1S/C18H25Cl2NO5/c1-18(2,3)26-17(24)21(4)14(15(22)10-16(23)25-5)9-11-6-7-12(19)13(20)8-11/h6-8,14-15,22H,9-10H2,1-5H3. The van der Waals surface area contributed by atoms with E-state index in [1.165, 1.54) is 19.1 Å². The van der Waals surface area contributed by atoms with Gasteiger partial charge in [0.25, 0.3) is 0 Å². The molecule has 1 rings (SSSR count). The fraction of sp³-hybridized carbons (Fsp3) is 0.556. The number of hydrogen-bond donors (Lipinski definition) is 1. The Balaban J connectivity index is 3.05. The van der Waals surface area contributed by atoms with Crippen molar-refractivity contribution < 1.29 is 24.2 Å². The minimum Gasteiger partial charge on any atom is -0.469 e. The van der Waals surface area contributed by atoms with Crippen molar-refractivity contribution in [2.45, 2.75) is 51.4 Å². The first kappa shape index (κ1) is 22.5. The molecule has 0 saturated heterocycles. The number of carbonyl (C=O) groups excluding carboxylic acids is 2. The quantitative estimate of drug-likeness (QED) is 0.730. The van der Waals surface area contributed by atoms with Crippen LogP contribution >= 0.6 is 23.2 Å². The third-order valence-corrected chi connectivity index (χ3v) is 4.39. The summed E-state index contributed by atoms with van der Waals surface area (Å²) in [5, 5.41) is 11.3. The van der Waals surface area contributed by atoms with Crippen molar-refractivity contribution in [1.29, 1.82) is 0 Å². The SMILES string of the molecule is COC(=O)CC(O)C(Cc1ccc(Cl)c(Cl)c1)N(C)C(=O)OC(C)(C)C. The average Bonchev–Trinajstić information content (AvgIpc) is 2.53. The van der Waals surface area contributed by atoms with E-state index in [2.05, 4.69) is 4.74 Å². The van der Waals surface area contributed by atoms with Gasteiger partial charge in [-0.1, -0.05) is 29.3 Å². The van der Waals surface area contributed by atoms with Crippen molar-refractivity contribution in [2.75, 3.05) is 14.2 Å². The van der Waals surface area contributed by atoms with Crippen LogP contribution in [0.1, 0.15) is 32.8 Å². The minimum absolute atomic E-state index is 0.254. The first-order chi connectivity index (χ1) is 11.9. The molecule has 0 bridgehead atoms. The summed E-state index contributed by atoms with van der Waals surface area (Å²) in [6, 6.07) is 4.32. The predicted octanol–water partition coefficient (Wildman–Crippen LogP) is 3.70. The second kappa shape index (κ2) is 9.44. The Kier molecular flexibility index (Phi) is 8.18. The number of esters is 1. The molecule has 146 valence electrons. The molecule has 2 atom stereocenters. The number of benzene rings is 1. The molecule has 1 aromatic rings. The normalized spacial score (nSPS) is 13.7. The van der Waals surface area contributed by atoms with Crippen LogP contribution in [0.15, 0.2) is 18.2 Å². The summed E-state index contributed by atoms with van der Waals surface area (Å²) < 4.78 is 9.96. The number of nitrogens with zero attached hydrogens (tertiary/aromatic N) is 1. The lowest BCUT2D eigenvalue weighted by Gasteiger charge is -2.33. The Hall–Kier alpha value is -1.50. The third-order valence-electron chi connectivity index (χ3n) is 3.66. The predicted molar refractivity (Wildman–Crippen MR) is 101 cm³/mol. The maximum absolute atomic E-state index is 12.4. The fourth-order valence-electron chi connectivity index (χ4n) is 2.30. The number of ether oxygens (including phenoxy) is 2. The van der Waals surface area contributed by atoms with Gasteiger partial charge in [-0.15, -0.1) is 0 Å². The summed E-state index contributed by atoms with van der Waals surface area (Å²) in [6.45, 7) is 5.24. The molecule has 0 saturated carbocycles. The molecule has 2 unspecified atom stereocenters. The van der Waals surface area contributed by atoms with E-state index in [0.29, 0.717) is 10.0 Å². The number of halogens is 2. The molecular formula is C18H25Cl2NO5. The molecule has 0 aromatic heterocycles. The van der Waals surface area contributed by atoms with E-state index < -0.39 is 29.8 Å². The first-order valence-electron chi connectivity index (χ1n) is 8.09. The number of aliphatic hydroxyl groups is 1. The van der Waals surface area contributed by atoms with Gasteiger partial charge in [0.2, 0.25) is 0 Å². The molecule has 0 aliphatic carbocycles. The molecule has 0 radical (unpaired) electrons.